The van der Waals surface area contributed by atoms with E-state index in [1.165, 1.54) is 0 Å². The topological polar surface area (TPSA) is 68.3 Å². The Morgan fingerprint density at radius 2 is 1.79 bits per heavy atom. The molecule has 0 radical (unpaired) electrons. The van der Waals surface area contributed by atoms with Gasteiger partial charge in [-0.3, -0.25) is 9.59 Å². The van der Waals surface area contributed by atoms with Crippen molar-refractivity contribution in [2.24, 2.45) is 11.7 Å². The Hall–Kier alpha value is -1.78. The first-order valence-corrected chi connectivity index (χ1v) is 6.84. The minimum atomic E-state index is -0.236. The summed E-state index contributed by atoms with van der Waals surface area (Å²) < 4.78 is 2.08. The first-order valence-electron chi connectivity index (χ1n) is 6.84. The molecule has 1 saturated heterocycles. The van der Waals surface area contributed by atoms with Gasteiger partial charge in [-0.15, -0.1) is 0 Å². The summed E-state index contributed by atoms with van der Waals surface area (Å²) in [5.74, 6) is -0.0984. The van der Waals surface area contributed by atoms with Crippen molar-refractivity contribution in [1.29, 1.82) is 0 Å². The maximum atomic E-state index is 12.0. The molecule has 0 unspecified atom stereocenters. The van der Waals surface area contributed by atoms with E-state index in [1.54, 1.807) is 0 Å². The standard InChI is InChI=1S/C14H21N3O2/c15-14(19)12-5-10-17(11-6-12)13(18)4-3-9-16-7-1-2-8-16/h1-2,7-8,12H,3-6,9-11H2,(H2,15,19). The van der Waals surface area contributed by atoms with Crippen molar-refractivity contribution < 1.29 is 9.59 Å². The zero-order valence-electron chi connectivity index (χ0n) is 11.1. The zero-order valence-corrected chi connectivity index (χ0v) is 11.1. The van der Waals surface area contributed by atoms with Crippen molar-refractivity contribution in [2.45, 2.75) is 32.2 Å². The van der Waals surface area contributed by atoms with Crippen LogP contribution < -0.4 is 5.73 Å². The van der Waals surface area contributed by atoms with Gasteiger partial charge in [0.05, 0.1) is 0 Å². The second kappa shape index (κ2) is 6.41. The van der Waals surface area contributed by atoms with E-state index in [0.717, 1.165) is 13.0 Å². The van der Waals surface area contributed by atoms with Gasteiger partial charge >= 0.3 is 0 Å². The van der Waals surface area contributed by atoms with E-state index in [-0.39, 0.29) is 17.7 Å². The molecular formula is C14H21N3O2. The lowest BCUT2D eigenvalue weighted by atomic mass is 9.96. The van der Waals surface area contributed by atoms with Gasteiger partial charge in [0.1, 0.15) is 0 Å². The van der Waals surface area contributed by atoms with Crippen LogP contribution in [-0.2, 0) is 16.1 Å². The average molecular weight is 263 g/mol. The summed E-state index contributed by atoms with van der Waals surface area (Å²) in [4.78, 5) is 24.9. The molecule has 5 nitrogen and oxygen atoms in total. The number of likely N-dealkylation sites (tertiary alicyclic amines) is 1. The van der Waals surface area contributed by atoms with Crippen molar-refractivity contribution in [3.05, 3.63) is 24.5 Å². The largest absolute Gasteiger partial charge is 0.369 e. The first-order chi connectivity index (χ1) is 9.16. The smallest absolute Gasteiger partial charge is 0.222 e. The molecule has 2 amide bonds. The van der Waals surface area contributed by atoms with Gasteiger partial charge in [0.2, 0.25) is 11.8 Å². The van der Waals surface area contributed by atoms with Crippen molar-refractivity contribution in [3.8, 4) is 0 Å². The van der Waals surface area contributed by atoms with Gasteiger partial charge < -0.3 is 15.2 Å². The molecule has 0 aromatic carbocycles. The van der Waals surface area contributed by atoms with Crippen molar-refractivity contribution in [3.63, 3.8) is 0 Å². The molecule has 0 aliphatic carbocycles. The third-order valence-electron chi connectivity index (χ3n) is 3.72. The fraction of sp³-hybridized carbons (Fsp3) is 0.571. The Labute approximate surface area is 113 Å². The van der Waals surface area contributed by atoms with Crippen LogP contribution >= 0.6 is 0 Å². The molecular weight excluding hydrogens is 242 g/mol. The predicted molar refractivity (Wildman–Crippen MR) is 72.2 cm³/mol. The monoisotopic (exact) mass is 263 g/mol. The van der Waals surface area contributed by atoms with E-state index in [4.69, 9.17) is 5.73 Å². The van der Waals surface area contributed by atoms with Gasteiger partial charge in [-0.05, 0) is 31.4 Å². The van der Waals surface area contributed by atoms with Crippen molar-refractivity contribution in [1.82, 2.24) is 9.47 Å². The third-order valence-corrected chi connectivity index (χ3v) is 3.72. The molecule has 0 saturated carbocycles. The number of rotatable bonds is 5. The normalized spacial score (nSPS) is 16.5. The summed E-state index contributed by atoms with van der Waals surface area (Å²) in [7, 11) is 0. The van der Waals surface area contributed by atoms with Gasteiger partial charge in [-0.25, -0.2) is 0 Å². The van der Waals surface area contributed by atoms with E-state index >= 15 is 0 Å². The summed E-state index contributed by atoms with van der Waals surface area (Å²) in [5.41, 5.74) is 5.28. The van der Waals surface area contributed by atoms with E-state index in [1.807, 2.05) is 29.4 Å². The molecule has 2 heterocycles. The number of amides is 2. The van der Waals surface area contributed by atoms with Crippen LogP contribution in [0.5, 0.6) is 0 Å². The molecule has 1 aliphatic heterocycles. The molecule has 19 heavy (non-hydrogen) atoms. The van der Waals surface area contributed by atoms with Crippen LogP contribution in [0.25, 0.3) is 0 Å². The molecule has 1 aliphatic rings. The summed E-state index contributed by atoms with van der Waals surface area (Å²) >= 11 is 0. The fourth-order valence-corrected chi connectivity index (χ4v) is 2.50. The van der Waals surface area contributed by atoms with Gasteiger partial charge in [0, 0.05) is 44.4 Å². The highest BCUT2D eigenvalue weighted by Crippen LogP contribution is 2.17. The minimum absolute atomic E-state index is 0.0519. The summed E-state index contributed by atoms with van der Waals surface area (Å²) in [6.45, 7) is 2.20. The average Bonchev–Trinajstić information content (AvgIpc) is 2.92. The van der Waals surface area contributed by atoms with Crippen LogP contribution in [0.15, 0.2) is 24.5 Å². The van der Waals surface area contributed by atoms with E-state index in [9.17, 15) is 9.59 Å². The highest BCUT2D eigenvalue weighted by molar-refractivity contribution is 5.78. The van der Waals surface area contributed by atoms with Gasteiger partial charge in [-0.2, -0.15) is 0 Å². The molecule has 1 aromatic rings. The summed E-state index contributed by atoms with van der Waals surface area (Å²) in [6.07, 6.45) is 6.84. The fourth-order valence-electron chi connectivity index (χ4n) is 2.50. The maximum absolute atomic E-state index is 12.0. The van der Waals surface area contributed by atoms with E-state index in [0.29, 0.717) is 32.4 Å². The lowest BCUT2D eigenvalue weighted by molar-refractivity contribution is -0.135. The van der Waals surface area contributed by atoms with Crippen LogP contribution in [0.1, 0.15) is 25.7 Å². The number of primary amides is 1. The van der Waals surface area contributed by atoms with Crippen molar-refractivity contribution in [2.75, 3.05) is 13.1 Å². The molecule has 1 fully saturated rings. The number of hydrogen-bond acceptors (Lipinski definition) is 2. The number of nitrogens with two attached hydrogens (primary N) is 1. The molecule has 0 spiro atoms. The molecule has 5 heteroatoms. The van der Waals surface area contributed by atoms with Crippen LogP contribution in [0.4, 0.5) is 0 Å². The molecule has 0 bridgehead atoms. The maximum Gasteiger partial charge on any atom is 0.222 e. The third kappa shape index (κ3) is 3.84. The van der Waals surface area contributed by atoms with Crippen LogP contribution in [0.2, 0.25) is 0 Å². The number of aryl methyl sites for hydroxylation is 1. The molecule has 104 valence electrons. The van der Waals surface area contributed by atoms with Crippen molar-refractivity contribution >= 4 is 11.8 Å². The van der Waals surface area contributed by atoms with Crippen LogP contribution in [0, 0.1) is 5.92 Å². The SMILES string of the molecule is NC(=O)C1CCN(C(=O)CCCn2cccc2)CC1. The van der Waals surface area contributed by atoms with Crippen LogP contribution in [-0.4, -0.2) is 34.4 Å². The molecule has 2 rings (SSSR count). The molecule has 0 atom stereocenters. The number of carbonyl (C=O) groups is 2. The second-order valence-electron chi connectivity index (χ2n) is 5.08. The number of carbonyl (C=O) groups excluding carboxylic acids is 2. The number of piperidine rings is 1. The van der Waals surface area contributed by atoms with E-state index in [2.05, 4.69) is 4.57 Å². The quantitative estimate of drug-likeness (QED) is 0.860. The minimum Gasteiger partial charge on any atom is -0.369 e. The Balaban J connectivity index is 1.68. The van der Waals surface area contributed by atoms with Gasteiger partial charge in [-0.1, -0.05) is 0 Å². The first kappa shape index (κ1) is 13.6. The second-order valence-corrected chi connectivity index (χ2v) is 5.08. The Morgan fingerprint density at radius 3 is 2.37 bits per heavy atom. The zero-order chi connectivity index (χ0) is 13.7. The van der Waals surface area contributed by atoms with Crippen LogP contribution in [0.3, 0.4) is 0 Å². The molecule has 2 N–H and O–H groups in total. The Kier molecular flexibility index (Phi) is 4.60. The highest BCUT2D eigenvalue weighted by Gasteiger charge is 2.25. The van der Waals surface area contributed by atoms with Gasteiger partial charge in [0.15, 0.2) is 0 Å². The van der Waals surface area contributed by atoms with Gasteiger partial charge in [0.25, 0.3) is 0 Å². The number of aromatic nitrogens is 1. The predicted octanol–water partition coefficient (Wildman–Crippen LogP) is 0.992. The Morgan fingerprint density at radius 1 is 1.16 bits per heavy atom. The lowest BCUT2D eigenvalue weighted by Crippen LogP contribution is -2.41. The summed E-state index contributed by atoms with van der Waals surface area (Å²) in [6, 6.07) is 3.97. The number of hydrogen-bond donors (Lipinski definition) is 1. The highest BCUT2D eigenvalue weighted by atomic mass is 16.2. The molecule has 1 aromatic heterocycles. The summed E-state index contributed by atoms with van der Waals surface area (Å²) in [5, 5.41) is 0. The Bertz CT molecular complexity index is 420. The number of nitrogens with zero attached hydrogens (tertiary/aromatic N) is 2. The van der Waals surface area contributed by atoms with E-state index < -0.39 is 0 Å². The lowest BCUT2D eigenvalue weighted by Gasteiger charge is -2.30.